The van der Waals surface area contributed by atoms with Gasteiger partial charge in [0.25, 0.3) is 0 Å². The maximum Gasteiger partial charge on any atom is 0.00779 e. The zero-order chi connectivity index (χ0) is 10.9. The minimum absolute atomic E-state index is 0.807. The van der Waals surface area contributed by atoms with Crippen LogP contribution in [0.25, 0.3) is 0 Å². The first-order valence-electron chi connectivity index (χ1n) is 6.24. The lowest BCUT2D eigenvalue weighted by Gasteiger charge is -2.12. The molecule has 1 rings (SSSR count). The lowest BCUT2D eigenvalue weighted by atomic mass is 10.2. The van der Waals surface area contributed by atoms with E-state index in [1.807, 2.05) is 17.8 Å². The monoisotopic (exact) mass is 227 g/mol. The molecule has 1 nitrogen and oxygen atoms in total. The fraction of sp³-hybridized carbons (Fsp3) is 0.846. The van der Waals surface area contributed by atoms with E-state index in [0.29, 0.717) is 0 Å². The van der Waals surface area contributed by atoms with E-state index in [2.05, 4.69) is 18.2 Å². The van der Waals surface area contributed by atoms with Crippen LogP contribution in [-0.4, -0.2) is 24.1 Å². The van der Waals surface area contributed by atoms with Gasteiger partial charge in [-0.2, -0.15) is 11.8 Å². The molecule has 2 unspecified atom stereocenters. The highest BCUT2D eigenvalue weighted by Gasteiger charge is 2.22. The zero-order valence-corrected chi connectivity index (χ0v) is 10.8. The third-order valence-electron chi connectivity index (χ3n) is 3.24. The quantitative estimate of drug-likeness (QED) is 0.502. The first-order valence-corrected chi connectivity index (χ1v) is 7.52. The molecule has 0 heterocycles. The topological polar surface area (TPSA) is 12.0 Å². The standard InChI is InChI=1S/C13H25NS/c1-3-4-5-6-7-10-14-12-8-9-13(11-12)15-2/h3,12-14H,1,4-11H2,2H3. The van der Waals surface area contributed by atoms with Crippen molar-refractivity contribution in [1.29, 1.82) is 0 Å². The molecule has 0 saturated heterocycles. The number of allylic oxidation sites excluding steroid dienone is 1. The van der Waals surface area contributed by atoms with Gasteiger partial charge in [0.05, 0.1) is 0 Å². The van der Waals surface area contributed by atoms with E-state index in [1.54, 1.807) is 0 Å². The first kappa shape index (κ1) is 13.1. The Kier molecular flexibility index (Phi) is 7.20. The van der Waals surface area contributed by atoms with E-state index in [0.717, 1.165) is 11.3 Å². The maximum absolute atomic E-state index is 3.74. The Morgan fingerprint density at radius 1 is 1.33 bits per heavy atom. The molecule has 1 aliphatic rings. The number of nitrogens with one attached hydrogen (secondary N) is 1. The Labute approximate surface area is 99.1 Å². The van der Waals surface area contributed by atoms with E-state index in [-0.39, 0.29) is 0 Å². The molecule has 1 aliphatic carbocycles. The van der Waals surface area contributed by atoms with Gasteiger partial charge in [0.1, 0.15) is 0 Å². The van der Waals surface area contributed by atoms with E-state index >= 15 is 0 Å². The summed E-state index contributed by atoms with van der Waals surface area (Å²) in [7, 11) is 0. The molecule has 0 bridgehead atoms. The average Bonchev–Trinajstić information content (AvgIpc) is 2.71. The van der Waals surface area contributed by atoms with Crippen LogP contribution in [0.2, 0.25) is 0 Å². The largest absolute Gasteiger partial charge is 0.314 e. The highest BCUT2D eigenvalue weighted by atomic mass is 32.2. The van der Waals surface area contributed by atoms with Gasteiger partial charge in [-0.05, 0) is 51.3 Å². The molecule has 2 heteroatoms. The third-order valence-corrected chi connectivity index (χ3v) is 4.33. The molecular weight excluding hydrogens is 202 g/mol. The van der Waals surface area contributed by atoms with Crippen LogP contribution in [0.1, 0.15) is 44.9 Å². The normalized spacial score (nSPS) is 25.7. The Balaban J connectivity index is 1.90. The Bertz CT molecular complexity index is 170. The summed E-state index contributed by atoms with van der Waals surface area (Å²) in [5, 5.41) is 4.60. The molecule has 0 spiro atoms. The summed E-state index contributed by atoms with van der Waals surface area (Å²) in [6.45, 7) is 4.95. The van der Waals surface area contributed by atoms with Crippen molar-refractivity contribution >= 4 is 11.8 Å². The predicted molar refractivity (Wildman–Crippen MR) is 71.6 cm³/mol. The average molecular weight is 227 g/mol. The van der Waals surface area contributed by atoms with Crippen LogP contribution in [0, 0.1) is 0 Å². The molecule has 88 valence electrons. The zero-order valence-electron chi connectivity index (χ0n) is 10.0. The Morgan fingerprint density at radius 3 is 2.87 bits per heavy atom. The molecule has 0 radical (unpaired) electrons. The van der Waals surface area contributed by atoms with E-state index in [1.165, 1.54) is 51.5 Å². The SMILES string of the molecule is C=CCCCCCNC1CCC(SC)C1. The van der Waals surface area contributed by atoms with Crippen molar-refractivity contribution in [2.45, 2.75) is 56.2 Å². The molecule has 15 heavy (non-hydrogen) atoms. The summed E-state index contributed by atoms with van der Waals surface area (Å²) in [6.07, 6.45) is 13.6. The van der Waals surface area contributed by atoms with E-state index in [4.69, 9.17) is 0 Å². The number of thioether (sulfide) groups is 1. The van der Waals surface area contributed by atoms with Crippen molar-refractivity contribution in [2.24, 2.45) is 0 Å². The van der Waals surface area contributed by atoms with Crippen LogP contribution in [0.5, 0.6) is 0 Å². The second-order valence-electron chi connectivity index (χ2n) is 4.46. The van der Waals surface area contributed by atoms with Crippen LogP contribution in [0.15, 0.2) is 12.7 Å². The minimum Gasteiger partial charge on any atom is -0.314 e. The lowest BCUT2D eigenvalue weighted by Crippen LogP contribution is -2.27. The minimum atomic E-state index is 0.807. The summed E-state index contributed by atoms with van der Waals surface area (Å²) < 4.78 is 0. The Hall–Kier alpha value is 0.0500. The Morgan fingerprint density at radius 2 is 2.20 bits per heavy atom. The van der Waals surface area contributed by atoms with Gasteiger partial charge >= 0.3 is 0 Å². The van der Waals surface area contributed by atoms with Crippen LogP contribution in [0.4, 0.5) is 0 Å². The number of unbranched alkanes of at least 4 members (excludes halogenated alkanes) is 3. The molecule has 0 aromatic heterocycles. The molecule has 1 fully saturated rings. The van der Waals surface area contributed by atoms with Gasteiger partial charge in [-0.3, -0.25) is 0 Å². The van der Waals surface area contributed by atoms with Crippen molar-refractivity contribution in [1.82, 2.24) is 5.32 Å². The van der Waals surface area contributed by atoms with Crippen LogP contribution in [0.3, 0.4) is 0 Å². The van der Waals surface area contributed by atoms with Crippen LogP contribution >= 0.6 is 11.8 Å². The predicted octanol–water partition coefficient (Wildman–Crippen LogP) is 3.61. The van der Waals surface area contributed by atoms with Gasteiger partial charge in [-0.25, -0.2) is 0 Å². The fourth-order valence-electron chi connectivity index (χ4n) is 2.24. The number of rotatable bonds is 8. The number of hydrogen-bond donors (Lipinski definition) is 1. The van der Waals surface area contributed by atoms with Gasteiger partial charge in [0.15, 0.2) is 0 Å². The maximum atomic E-state index is 3.74. The number of hydrogen-bond acceptors (Lipinski definition) is 2. The molecule has 1 N–H and O–H groups in total. The highest BCUT2D eigenvalue weighted by molar-refractivity contribution is 7.99. The summed E-state index contributed by atoms with van der Waals surface area (Å²) in [4.78, 5) is 0. The summed E-state index contributed by atoms with van der Waals surface area (Å²) in [6, 6.07) is 0.807. The van der Waals surface area contributed by atoms with Gasteiger partial charge in [-0.15, -0.1) is 6.58 Å². The van der Waals surface area contributed by atoms with Crippen molar-refractivity contribution in [2.75, 3.05) is 12.8 Å². The molecule has 0 aliphatic heterocycles. The molecule has 2 atom stereocenters. The van der Waals surface area contributed by atoms with Crippen molar-refractivity contribution in [3.63, 3.8) is 0 Å². The van der Waals surface area contributed by atoms with E-state index in [9.17, 15) is 0 Å². The highest BCUT2D eigenvalue weighted by Crippen LogP contribution is 2.27. The second-order valence-corrected chi connectivity index (χ2v) is 5.60. The van der Waals surface area contributed by atoms with Gasteiger partial charge < -0.3 is 5.32 Å². The van der Waals surface area contributed by atoms with Crippen LogP contribution in [-0.2, 0) is 0 Å². The fourth-order valence-corrected chi connectivity index (χ4v) is 3.03. The van der Waals surface area contributed by atoms with Crippen molar-refractivity contribution in [3.05, 3.63) is 12.7 Å². The van der Waals surface area contributed by atoms with E-state index < -0.39 is 0 Å². The lowest BCUT2D eigenvalue weighted by molar-refractivity contribution is 0.504. The molecule has 0 amide bonds. The van der Waals surface area contributed by atoms with Crippen molar-refractivity contribution < 1.29 is 0 Å². The summed E-state index contributed by atoms with van der Waals surface area (Å²) in [5.41, 5.74) is 0. The van der Waals surface area contributed by atoms with Crippen LogP contribution < -0.4 is 5.32 Å². The van der Waals surface area contributed by atoms with Gasteiger partial charge in [-0.1, -0.05) is 12.5 Å². The van der Waals surface area contributed by atoms with Gasteiger partial charge in [0.2, 0.25) is 0 Å². The molecule has 1 saturated carbocycles. The summed E-state index contributed by atoms with van der Waals surface area (Å²) in [5.74, 6) is 0. The molecule has 0 aromatic rings. The first-order chi connectivity index (χ1) is 7.36. The third kappa shape index (κ3) is 5.62. The molecular formula is C13H25NS. The van der Waals surface area contributed by atoms with Gasteiger partial charge in [0, 0.05) is 11.3 Å². The smallest absolute Gasteiger partial charge is 0.00779 e. The van der Waals surface area contributed by atoms with Crippen molar-refractivity contribution in [3.8, 4) is 0 Å². The molecule has 0 aromatic carbocycles. The summed E-state index contributed by atoms with van der Waals surface area (Å²) >= 11 is 2.04. The second kappa shape index (κ2) is 8.23.